The number of halogens is 1. The van der Waals surface area contributed by atoms with E-state index in [1.807, 2.05) is 0 Å². The van der Waals surface area contributed by atoms with Gasteiger partial charge in [-0.1, -0.05) is 30.3 Å². The topological polar surface area (TPSA) is 102 Å². The van der Waals surface area contributed by atoms with Crippen molar-refractivity contribution in [3.8, 4) is 0 Å². The maximum atomic E-state index is 13.8. The predicted octanol–water partition coefficient (Wildman–Crippen LogP) is 2.44. The molecule has 0 radical (unpaired) electrons. The first-order valence-electron chi connectivity index (χ1n) is 9.40. The summed E-state index contributed by atoms with van der Waals surface area (Å²) in [7, 11) is 3.49. The van der Waals surface area contributed by atoms with Crippen molar-refractivity contribution in [3.63, 3.8) is 0 Å². The molecule has 2 atom stereocenters. The molecular weight excluding hydrogens is 391 g/mol. The third-order valence-corrected chi connectivity index (χ3v) is 4.86. The summed E-state index contributed by atoms with van der Waals surface area (Å²) in [5, 5.41) is 14.7. The molecule has 158 valence electrons. The average Bonchev–Trinajstić information content (AvgIpc) is 3.02. The van der Waals surface area contributed by atoms with E-state index >= 15 is 0 Å². The number of nitrogens with zero attached hydrogens (tertiary/aromatic N) is 2. The first-order chi connectivity index (χ1) is 14.3. The second kappa shape index (κ2) is 8.81. The number of carboxylic acids is 1. The molecule has 0 bridgehead atoms. The second-order valence-electron chi connectivity index (χ2n) is 7.22. The van der Waals surface area contributed by atoms with Crippen LogP contribution in [0.2, 0.25) is 0 Å². The molecule has 3 rings (SSSR count). The number of nitrogens with one attached hydrogen (secondary N) is 2. The molecule has 3 N–H and O–H groups in total. The number of amides is 3. The van der Waals surface area contributed by atoms with Crippen molar-refractivity contribution in [2.24, 2.45) is 0 Å². The van der Waals surface area contributed by atoms with Crippen molar-refractivity contribution in [1.29, 1.82) is 0 Å². The first-order valence-corrected chi connectivity index (χ1v) is 9.40. The van der Waals surface area contributed by atoms with Crippen molar-refractivity contribution >= 4 is 29.3 Å². The lowest BCUT2D eigenvalue weighted by molar-refractivity contribution is -0.149. The Balaban J connectivity index is 1.68. The molecule has 8 nitrogen and oxygen atoms in total. The highest BCUT2D eigenvalue weighted by Crippen LogP contribution is 2.27. The van der Waals surface area contributed by atoms with E-state index in [1.54, 1.807) is 55.4 Å². The van der Waals surface area contributed by atoms with Gasteiger partial charge in [0, 0.05) is 32.0 Å². The maximum Gasteiger partial charge on any atom is 0.331 e. The Morgan fingerprint density at radius 2 is 1.90 bits per heavy atom. The third kappa shape index (κ3) is 4.68. The lowest BCUT2D eigenvalue weighted by atomic mass is 10.1. The quantitative estimate of drug-likeness (QED) is 0.674. The predicted molar refractivity (Wildman–Crippen MR) is 110 cm³/mol. The fourth-order valence-electron chi connectivity index (χ4n) is 3.41. The third-order valence-electron chi connectivity index (χ3n) is 4.86. The molecule has 1 fully saturated rings. The van der Waals surface area contributed by atoms with Gasteiger partial charge in [-0.3, -0.25) is 4.79 Å². The zero-order chi connectivity index (χ0) is 21.8. The van der Waals surface area contributed by atoms with Gasteiger partial charge in [0.15, 0.2) is 6.04 Å². The molecule has 0 aromatic heterocycles. The van der Waals surface area contributed by atoms with Crippen LogP contribution < -0.4 is 15.5 Å². The Morgan fingerprint density at radius 1 is 1.20 bits per heavy atom. The molecule has 0 spiro atoms. The van der Waals surface area contributed by atoms with E-state index in [2.05, 4.69) is 10.6 Å². The number of carbonyl (C=O) groups is 3. The number of rotatable bonds is 6. The minimum Gasteiger partial charge on any atom is -0.479 e. The molecule has 0 saturated carbocycles. The Kier molecular flexibility index (Phi) is 6.20. The van der Waals surface area contributed by atoms with Gasteiger partial charge in [0.05, 0.1) is 0 Å². The zero-order valence-corrected chi connectivity index (χ0v) is 16.6. The van der Waals surface area contributed by atoms with Gasteiger partial charge in [0.2, 0.25) is 5.91 Å². The van der Waals surface area contributed by atoms with Gasteiger partial charge < -0.3 is 25.5 Å². The van der Waals surface area contributed by atoms with E-state index in [1.165, 1.54) is 17.0 Å². The highest BCUT2D eigenvalue weighted by molar-refractivity contribution is 5.96. The van der Waals surface area contributed by atoms with Crippen molar-refractivity contribution in [2.45, 2.75) is 18.5 Å². The molecule has 2 aromatic rings. The number of benzene rings is 2. The van der Waals surface area contributed by atoms with Crippen LogP contribution in [0.15, 0.2) is 48.5 Å². The number of likely N-dealkylation sites (tertiary alicyclic amines) is 1. The number of hydrogen-bond acceptors (Lipinski definition) is 4. The summed E-state index contributed by atoms with van der Waals surface area (Å²) in [4.78, 5) is 39.8. The normalized spacial score (nSPS) is 16.8. The number of aliphatic carboxylic acids is 1. The minimum atomic E-state index is -1.14. The summed E-state index contributed by atoms with van der Waals surface area (Å²) >= 11 is 0. The standard InChI is InChI=1S/C21H23FN4O4/c1-25(2)16-11-14(22)10-15(12-16)23-21(30)24-17-8-9-26(19(17)27)18(20(28)29)13-6-4-3-5-7-13/h3-7,10-12,17-18H,8-9H2,1-2H3,(H,28,29)(H2,23,24,30). The van der Waals surface area contributed by atoms with Crippen LogP contribution in [0.4, 0.5) is 20.6 Å². The van der Waals surface area contributed by atoms with Gasteiger partial charge in [0.25, 0.3) is 0 Å². The van der Waals surface area contributed by atoms with E-state index in [0.29, 0.717) is 11.3 Å². The number of hydrogen-bond donors (Lipinski definition) is 3. The van der Waals surface area contributed by atoms with Crippen LogP contribution in [-0.2, 0) is 9.59 Å². The zero-order valence-electron chi connectivity index (χ0n) is 16.6. The first kappa shape index (κ1) is 21.1. The molecule has 0 aliphatic carbocycles. The lowest BCUT2D eigenvalue weighted by Crippen LogP contribution is -2.45. The second-order valence-corrected chi connectivity index (χ2v) is 7.22. The van der Waals surface area contributed by atoms with Crippen molar-refractivity contribution < 1.29 is 23.9 Å². The monoisotopic (exact) mass is 414 g/mol. The van der Waals surface area contributed by atoms with Crippen LogP contribution in [0.3, 0.4) is 0 Å². The summed E-state index contributed by atoms with van der Waals surface area (Å²) in [5.41, 5.74) is 1.30. The Morgan fingerprint density at radius 3 is 2.53 bits per heavy atom. The Hall–Kier alpha value is -3.62. The summed E-state index contributed by atoms with van der Waals surface area (Å²) < 4.78 is 13.8. The highest BCUT2D eigenvalue weighted by atomic mass is 19.1. The molecule has 9 heteroatoms. The summed E-state index contributed by atoms with van der Waals surface area (Å²) in [6, 6.07) is 9.90. The van der Waals surface area contributed by atoms with Crippen LogP contribution >= 0.6 is 0 Å². The van der Waals surface area contributed by atoms with E-state index in [0.717, 1.165) is 0 Å². The van der Waals surface area contributed by atoms with Gasteiger partial charge >= 0.3 is 12.0 Å². The van der Waals surface area contributed by atoms with Crippen LogP contribution in [0.25, 0.3) is 0 Å². The number of carbonyl (C=O) groups excluding carboxylic acids is 2. The van der Waals surface area contributed by atoms with Crippen molar-refractivity contribution in [2.75, 3.05) is 30.9 Å². The fourth-order valence-corrected chi connectivity index (χ4v) is 3.41. The summed E-state index contributed by atoms with van der Waals surface area (Å²) in [6.45, 7) is 0.195. The number of carboxylic acid groups (broad SMARTS) is 1. The summed E-state index contributed by atoms with van der Waals surface area (Å²) in [5.74, 6) is -2.13. The molecule has 1 saturated heterocycles. The molecule has 1 aliphatic heterocycles. The van der Waals surface area contributed by atoms with Crippen LogP contribution in [-0.4, -0.2) is 54.6 Å². The number of anilines is 2. The maximum absolute atomic E-state index is 13.8. The summed E-state index contributed by atoms with van der Waals surface area (Å²) in [6.07, 6.45) is 0.273. The Bertz CT molecular complexity index is 951. The van der Waals surface area contributed by atoms with Gasteiger partial charge in [-0.15, -0.1) is 0 Å². The largest absolute Gasteiger partial charge is 0.479 e. The molecule has 1 heterocycles. The molecular formula is C21H23FN4O4. The van der Waals surface area contributed by atoms with Crippen molar-refractivity contribution in [1.82, 2.24) is 10.2 Å². The highest BCUT2D eigenvalue weighted by Gasteiger charge is 2.40. The van der Waals surface area contributed by atoms with Gasteiger partial charge in [-0.05, 0) is 30.2 Å². The van der Waals surface area contributed by atoms with E-state index in [9.17, 15) is 23.9 Å². The van der Waals surface area contributed by atoms with Crippen LogP contribution in [0, 0.1) is 5.82 Å². The van der Waals surface area contributed by atoms with Gasteiger partial charge in [-0.2, -0.15) is 0 Å². The van der Waals surface area contributed by atoms with E-state index < -0.39 is 35.8 Å². The van der Waals surface area contributed by atoms with Crippen LogP contribution in [0.5, 0.6) is 0 Å². The molecule has 2 aromatic carbocycles. The average molecular weight is 414 g/mol. The van der Waals surface area contributed by atoms with E-state index in [-0.39, 0.29) is 18.7 Å². The minimum absolute atomic E-state index is 0.195. The van der Waals surface area contributed by atoms with Crippen LogP contribution in [0.1, 0.15) is 18.0 Å². The van der Waals surface area contributed by atoms with Gasteiger partial charge in [-0.25, -0.2) is 14.0 Å². The van der Waals surface area contributed by atoms with E-state index in [4.69, 9.17) is 0 Å². The molecule has 1 aliphatic rings. The number of urea groups is 1. The Labute approximate surface area is 173 Å². The molecule has 30 heavy (non-hydrogen) atoms. The fraction of sp³-hybridized carbons (Fsp3) is 0.286. The molecule has 3 amide bonds. The smallest absolute Gasteiger partial charge is 0.331 e. The molecule has 2 unspecified atom stereocenters. The van der Waals surface area contributed by atoms with Crippen molar-refractivity contribution in [3.05, 3.63) is 59.9 Å². The SMILES string of the molecule is CN(C)c1cc(F)cc(NC(=O)NC2CCN(C(C(=O)O)c3ccccc3)C2=O)c1. The lowest BCUT2D eigenvalue weighted by Gasteiger charge is -2.25. The van der Waals surface area contributed by atoms with Gasteiger partial charge in [0.1, 0.15) is 11.9 Å².